The molecule has 9 nitrogen and oxygen atoms in total. The Bertz CT molecular complexity index is 1370. The van der Waals surface area contributed by atoms with Crippen LogP contribution in [0.25, 0.3) is 11.1 Å². The second-order valence-electron chi connectivity index (χ2n) is 8.26. The fraction of sp³-hybridized carbons (Fsp3) is 0.280. The van der Waals surface area contributed by atoms with Crippen LogP contribution in [0.3, 0.4) is 0 Å². The molecule has 1 fully saturated rings. The zero-order valence-electron chi connectivity index (χ0n) is 20.3. The molecule has 1 aliphatic heterocycles. The number of hydrogen-bond donors (Lipinski definition) is 1. The van der Waals surface area contributed by atoms with E-state index < -0.39 is 16.0 Å². The Morgan fingerprint density at radius 2 is 1.65 bits per heavy atom. The van der Waals surface area contributed by atoms with Crippen molar-refractivity contribution in [2.24, 2.45) is 0 Å². The monoisotopic (exact) mass is 563 g/mol. The minimum absolute atomic E-state index is 0.0607. The Morgan fingerprint density at radius 1 is 1.00 bits per heavy atom. The van der Waals surface area contributed by atoms with E-state index in [9.17, 15) is 18.0 Å². The smallest absolute Gasteiger partial charge is 0.341 e. The summed E-state index contributed by atoms with van der Waals surface area (Å²) in [6, 6.07) is 13.3. The van der Waals surface area contributed by atoms with E-state index >= 15 is 0 Å². The third kappa shape index (κ3) is 6.13. The molecular weight excluding hydrogens is 538 g/mol. The molecule has 3 aromatic rings. The molecule has 37 heavy (non-hydrogen) atoms. The van der Waals surface area contributed by atoms with E-state index in [0.29, 0.717) is 34.4 Å². The van der Waals surface area contributed by atoms with E-state index in [0.717, 1.165) is 5.56 Å². The highest BCUT2D eigenvalue weighted by atomic mass is 35.5. The van der Waals surface area contributed by atoms with Crippen LogP contribution < -0.4 is 10.1 Å². The zero-order chi connectivity index (χ0) is 26.6. The summed E-state index contributed by atoms with van der Waals surface area (Å²) in [5.41, 5.74) is 1.72. The first-order valence-corrected chi connectivity index (χ1v) is 14.0. The molecule has 1 saturated heterocycles. The van der Waals surface area contributed by atoms with Crippen LogP contribution in [0.4, 0.5) is 5.00 Å². The first kappa shape index (κ1) is 27.1. The number of esters is 1. The number of benzene rings is 2. The SMILES string of the molecule is COC(=O)c1c(-c2ccc(OC)cc2)csc1NC(=O)CN1CCN(S(=O)(=O)c2ccc(Cl)cc2)CC1. The fourth-order valence-corrected chi connectivity index (χ4v) is 6.51. The first-order valence-electron chi connectivity index (χ1n) is 11.3. The van der Waals surface area contributed by atoms with E-state index in [2.05, 4.69) is 5.32 Å². The van der Waals surface area contributed by atoms with Gasteiger partial charge in [0, 0.05) is 42.1 Å². The molecule has 2 heterocycles. The number of carbonyl (C=O) groups excluding carboxylic acids is 2. The highest BCUT2D eigenvalue weighted by Crippen LogP contribution is 2.36. The number of ether oxygens (including phenoxy) is 2. The van der Waals surface area contributed by atoms with Crippen LogP contribution >= 0.6 is 22.9 Å². The summed E-state index contributed by atoms with van der Waals surface area (Å²) in [5.74, 6) is -0.168. The van der Waals surface area contributed by atoms with Gasteiger partial charge in [-0.15, -0.1) is 11.3 Å². The number of nitrogens with zero attached hydrogens (tertiary/aromatic N) is 2. The molecule has 12 heteroatoms. The zero-order valence-corrected chi connectivity index (χ0v) is 22.7. The first-order chi connectivity index (χ1) is 17.7. The molecule has 1 N–H and O–H groups in total. The Morgan fingerprint density at radius 3 is 2.24 bits per heavy atom. The van der Waals surface area contributed by atoms with Gasteiger partial charge in [0.05, 0.1) is 25.7 Å². The van der Waals surface area contributed by atoms with Gasteiger partial charge in [0.1, 0.15) is 16.3 Å². The predicted octanol–water partition coefficient (Wildman–Crippen LogP) is 3.81. The van der Waals surface area contributed by atoms with Crippen molar-refractivity contribution in [1.82, 2.24) is 9.21 Å². The molecule has 0 atom stereocenters. The molecule has 0 aliphatic carbocycles. The molecule has 196 valence electrons. The molecular formula is C25H26ClN3O6S2. The third-order valence-electron chi connectivity index (χ3n) is 5.98. The van der Waals surface area contributed by atoms with Crippen molar-refractivity contribution in [3.05, 3.63) is 64.5 Å². The van der Waals surface area contributed by atoms with Gasteiger partial charge in [0.15, 0.2) is 0 Å². The van der Waals surface area contributed by atoms with E-state index in [1.54, 1.807) is 36.8 Å². The summed E-state index contributed by atoms with van der Waals surface area (Å²) < 4.78 is 37.3. The number of nitrogens with one attached hydrogen (secondary N) is 1. The van der Waals surface area contributed by atoms with Gasteiger partial charge < -0.3 is 14.8 Å². The lowest BCUT2D eigenvalue weighted by Gasteiger charge is -2.33. The van der Waals surface area contributed by atoms with Crippen LogP contribution in [0.1, 0.15) is 10.4 Å². The quantitative estimate of drug-likeness (QED) is 0.415. The maximum Gasteiger partial charge on any atom is 0.341 e. The summed E-state index contributed by atoms with van der Waals surface area (Å²) in [6.45, 7) is 1.36. The van der Waals surface area contributed by atoms with E-state index in [1.165, 1.54) is 34.9 Å². The van der Waals surface area contributed by atoms with Crippen molar-refractivity contribution in [1.29, 1.82) is 0 Å². The molecule has 0 bridgehead atoms. The number of hydrogen-bond acceptors (Lipinski definition) is 8. The van der Waals surface area contributed by atoms with Crippen LogP contribution in [0, 0.1) is 0 Å². The fourth-order valence-electron chi connectivity index (χ4n) is 3.99. The molecule has 0 radical (unpaired) electrons. The summed E-state index contributed by atoms with van der Waals surface area (Å²) in [7, 11) is -0.768. The Kier molecular flexibility index (Phi) is 8.50. The van der Waals surface area contributed by atoms with Gasteiger partial charge in [0.25, 0.3) is 0 Å². The lowest BCUT2D eigenvalue weighted by molar-refractivity contribution is -0.117. The summed E-state index contributed by atoms with van der Waals surface area (Å²) >= 11 is 7.11. The van der Waals surface area contributed by atoms with Crippen molar-refractivity contribution < 1.29 is 27.5 Å². The number of carbonyl (C=O) groups is 2. The van der Waals surface area contributed by atoms with Gasteiger partial charge in [-0.2, -0.15) is 4.31 Å². The molecule has 1 aliphatic rings. The van der Waals surface area contributed by atoms with E-state index in [-0.39, 0.29) is 36.0 Å². The standard InChI is InChI=1S/C25H26ClN3O6S2/c1-34-19-7-3-17(4-8-19)21-16-36-24(23(21)25(31)35-2)27-22(30)15-28-11-13-29(14-12-28)37(32,33)20-9-5-18(26)6-10-20/h3-10,16H,11-15H2,1-2H3,(H,27,30). The minimum Gasteiger partial charge on any atom is -0.497 e. The largest absolute Gasteiger partial charge is 0.497 e. The van der Waals surface area contributed by atoms with Crippen LogP contribution in [0.5, 0.6) is 5.75 Å². The van der Waals surface area contributed by atoms with Crippen LogP contribution in [0.2, 0.25) is 5.02 Å². The molecule has 1 amide bonds. The number of thiophene rings is 1. The van der Waals surface area contributed by atoms with E-state index in [4.69, 9.17) is 21.1 Å². The molecule has 0 saturated carbocycles. The van der Waals surface area contributed by atoms with Crippen molar-refractivity contribution in [3.63, 3.8) is 0 Å². The normalized spacial score (nSPS) is 14.8. The molecule has 1 aromatic heterocycles. The number of piperazine rings is 1. The highest BCUT2D eigenvalue weighted by Gasteiger charge is 2.29. The van der Waals surface area contributed by atoms with Gasteiger partial charge >= 0.3 is 5.97 Å². The van der Waals surface area contributed by atoms with Crippen LogP contribution in [0.15, 0.2) is 58.8 Å². The van der Waals surface area contributed by atoms with Crippen molar-refractivity contribution >= 4 is 49.8 Å². The number of sulfonamides is 1. The average molecular weight is 564 g/mol. The van der Waals surface area contributed by atoms with Gasteiger partial charge in [0.2, 0.25) is 15.9 Å². The van der Waals surface area contributed by atoms with Gasteiger partial charge in [-0.05, 0) is 42.0 Å². The maximum atomic E-state index is 12.9. The van der Waals surface area contributed by atoms with E-state index in [1.807, 2.05) is 17.0 Å². The predicted molar refractivity (Wildman–Crippen MR) is 143 cm³/mol. The molecule has 2 aromatic carbocycles. The maximum absolute atomic E-state index is 12.9. The van der Waals surface area contributed by atoms with Gasteiger partial charge in [-0.3, -0.25) is 9.69 Å². The summed E-state index contributed by atoms with van der Waals surface area (Å²) in [6.07, 6.45) is 0. The second kappa shape index (κ2) is 11.6. The molecule has 0 spiro atoms. The summed E-state index contributed by atoms with van der Waals surface area (Å²) in [5, 5.41) is 5.48. The topological polar surface area (TPSA) is 105 Å². The lowest BCUT2D eigenvalue weighted by Crippen LogP contribution is -2.50. The lowest BCUT2D eigenvalue weighted by atomic mass is 10.0. The minimum atomic E-state index is -3.64. The third-order valence-corrected chi connectivity index (χ3v) is 9.04. The molecule has 0 unspecified atom stereocenters. The molecule has 4 rings (SSSR count). The average Bonchev–Trinajstić information content (AvgIpc) is 3.32. The highest BCUT2D eigenvalue weighted by molar-refractivity contribution is 7.89. The van der Waals surface area contributed by atoms with Crippen LogP contribution in [-0.4, -0.2) is 76.4 Å². The van der Waals surface area contributed by atoms with Gasteiger partial charge in [-0.25, -0.2) is 13.2 Å². The second-order valence-corrected chi connectivity index (χ2v) is 11.5. The summed E-state index contributed by atoms with van der Waals surface area (Å²) in [4.78, 5) is 27.5. The van der Waals surface area contributed by atoms with Gasteiger partial charge in [-0.1, -0.05) is 23.7 Å². The number of amides is 1. The number of halogens is 1. The Labute approximate surface area is 224 Å². The number of methoxy groups -OCH3 is 2. The number of rotatable bonds is 8. The van der Waals surface area contributed by atoms with Crippen LogP contribution in [-0.2, 0) is 19.6 Å². The Balaban J connectivity index is 1.40. The van der Waals surface area contributed by atoms with Crippen molar-refractivity contribution in [2.45, 2.75) is 4.90 Å². The van der Waals surface area contributed by atoms with Crippen molar-refractivity contribution in [2.75, 3.05) is 52.3 Å². The number of anilines is 1. The Hall–Kier alpha value is -2.96. The van der Waals surface area contributed by atoms with Crippen molar-refractivity contribution in [3.8, 4) is 16.9 Å².